The minimum Gasteiger partial charge on any atom is -0.344 e. The van der Waals surface area contributed by atoms with Crippen LogP contribution in [0.4, 0.5) is 0 Å². The molecule has 5 nitrogen and oxygen atoms in total. The van der Waals surface area contributed by atoms with Crippen molar-refractivity contribution >= 4 is 28.8 Å². The summed E-state index contributed by atoms with van der Waals surface area (Å²) in [5, 5.41) is 8.94. The Morgan fingerprint density at radius 1 is 1.50 bits per heavy atom. The van der Waals surface area contributed by atoms with Crippen LogP contribution in [0.25, 0.3) is 0 Å². The van der Waals surface area contributed by atoms with E-state index in [0.717, 1.165) is 29.2 Å². The summed E-state index contributed by atoms with van der Waals surface area (Å²) in [6.45, 7) is 0. The van der Waals surface area contributed by atoms with Crippen molar-refractivity contribution in [3.8, 4) is 0 Å². The summed E-state index contributed by atoms with van der Waals surface area (Å²) >= 11 is 7.61. The van der Waals surface area contributed by atoms with Gasteiger partial charge in [-0.3, -0.25) is 9.59 Å². The third kappa shape index (κ3) is 2.62. The molecule has 2 N–H and O–H groups in total. The van der Waals surface area contributed by atoms with Crippen molar-refractivity contribution in [3.05, 3.63) is 49.0 Å². The molecular weight excluding hydrogens is 298 g/mol. The van der Waals surface area contributed by atoms with Crippen molar-refractivity contribution in [1.82, 2.24) is 15.5 Å². The molecule has 1 amide bonds. The van der Waals surface area contributed by atoms with Gasteiger partial charge >= 0.3 is 0 Å². The number of amides is 1. The number of H-pyrrole nitrogens is 1. The van der Waals surface area contributed by atoms with Gasteiger partial charge in [-0.2, -0.15) is 5.10 Å². The molecule has 0 spiro atoms. The van der Waals surface area contributed by atoms with E-state index in [4.69, 9.17) is 11.6 Å². The summed E-state index contributed by atoms with van der Waals surface area (Å²) < 4.78 is 0.748. The highest BCUT2D eigenvalue weighted by molar-refractivity contribution is 7.16. The molecule has 104 valence electrons. The highest BCUT2D eigenvalue weighted by Crippen LogP contribution is 2.37. The summed E-state index contributed by atoms with van der Waals surface area (Å²) in [7, 11) is 0. The van der Waals surface area contributed by atoms with Gasteiger partial charge in [0.15, 0.2) is 0 Å². The maximum Gasteiger partial charge on any atom is 0.272 e. The summed E-state index contributed by atoms with van der Waals surface area (Å²) in [6, 6.07) is 4.59. The number of thiophene rings is 1. The smallest absolute Gasteiger partial charge is 0.272 e. The van der Waals surface area contributed by atoms with Crippen LogP contribution >= 0.6 is 22.9 Å². The molecule has 2 aromatic heterocycles. The minimum absolute atomic E-state index is 0.0382. The van der Waals surface area contributed by atoms with E-state index in [2.05, 4.69) is 15.5 Å². The lowest BCUT2D eigenvalue weighted by Crippen LogP contribution is -2.31. The first-order valence-electron chi connectivity index (χ1n) is 6.28. The number of nitrogens with one attached hydrogen (secondary N) is 2. The van der Waals surface area contributed by atoms with Crippen LogP contribution in [0.15, 0.2) is 23.0 Å². The van der Waals surface area contributed by atoms with Gasteiger partial charge in [0.05, 0.1) is 10.4 Å². The lowest BCUT2D eigenvalue weighted by Gasteiger charge is -2.23. The van der Waals surface area contributed by atoms with E-state index in [1.54, 1.807) is 11.3 Å². The van der Waals surface area contributed by atoms with E-state index < -0.39 is 0 Å². The number of aromatic amines is 1. The number of hydrogen-bond acceptors (Lipinski definition) is 4. The molecule has 0 fully saturated rings. The molecule has 1 aliphatic rings. The number of hydrogen-bond donors (Lipinski definition) is 2. The largest absolute Gasteiger partial charge is 0.344 e. The maximum atomic E-state index is 12.1. The summed E-state index contributed by atoms with van der Waals surface area (Å²) in [6.07, 6.45) is 2.92. The molecule has 20 heavy (non-hydrogen) atoms. The molecule has 0 radical (unpaired) electrons. The first kappa shape index (κ1) is 13.3. The van der Waals surface area contributed by atoms with Crippen LogP contribution in [0, 0.1) is 0 Å². The fourth-order valence-electron chi connectivity index (χ4n) is 2.37. The van der Waals surface area contributed by atoms with E-state index in [9.17, 15) is 9.59 Å². The standard InChI is InChI=1S/C13H12ClN3O2S/c14-11-6-7-8(2-1-3-10(7)20-11)15-13(19)9-4-5-12(18)17-16-9/h4-6,8H,1-3H2,(H,15,19)(H,17,18). The van der Waals surface area contributed by atoms with Crippen molar-refractivity contribution in [2.75, 3.05) is 0 Å². The van der Waals surface area contributed by atoms with Gasteiger partial charge < -0.3 is 5.32 Å². The predicted octanol–water partition coefficient (Wildman–Crippen LogP) is 2.29. The number of halogens is 1. The Morgan fingerprint density at radius 3 is 3.10 bits per heavy atom. The van der Waals surface area contributed by atoms with Crippen molar-refractivity contribution < 1.29 is 4.79 Å². The summed E-state index contributed by atoms with van der Waals surface area (Å²) in [4.78, 5) is 24.3. The van der Waals surface area contributed by atoms with Gasteiger partial charge in [-0.15, -0.1) is 11.3 Å². The normalized spacial score (nSPS) is 17.6. The molecule has 1 unspecified atom stereocenters. The second-order valence-electron chi connectivity index (χ2n) is 4.65. The van der Waals surface area contributed by atoms with Crippen molar-refractivity contribution in [2.24, 2.45) is 0 Å². The second-order valence-corrected chi connectivity index (χ2v) is 6.42. The number of carbonyl (C=O) groups is 1. The Bertz CT molecular complexity index is 689. The van der Waals surface area contributed by atoms with E-state index in [-0.39, 0.29) is 23.2 Å². The molecular formula is C13H12ClN3O2S. The third-order valence-corrected chi connectivity index (χ3v) is 4.64. The van der Waals surface area contributed by atoms with Crippen LogP contribution in [0.3, 0.4) is 0 Å². The Balaban J connectivity index is 1.80. The van der Waals surface area contributed by atoms with Crippen LogP contribution in [0.1, 0.15) is 39.8 Å². The highest BCUT2D eigenvalue weighted by Gasteiger charge is 2.24. The van der Waals surface area contributed by atoms with Crippen molar-refractivity contribution in [2.45, 2.75) is 25.3 Å². The zero-order valence-electron chi connectivity index (χ0n) is 10.5. The van der Waals surface area contributed by atoms with Crippen molar-refractivity contribution in [1.29, 1.82) is 0 Å². The van der Waals surface area contributed by atoms with E-state index in [0.29, 0.717) is 0 Å². The zero-order chi connectivity index (χ0) is 14.1. The van der Waals surface area contributed by atoms with E-state index in [1.807, 2.05) is 6.07 Å². The highest BCUT2D eigenvalue weighted by atomic mass is 35.5. The summed E-state index contributed by atoms with van der Waals surface area (Å²) in [5.41, 5.74) is 0.980. The Hall–Kier alpha value is -1.66. The molecule has 0 aromatic carbocycles. The van der Waals surface area contributed by atoms with Crippen LogP contribution in [-0.4, -0.2) is 16.1 Å². The molecule has 3 rings (SSSR count). The summed E-state index contributed by atoms with van der Waals surface area (Å²) in [5.74, 6) is -0.290. The number of aryl methyl sites for hydroxylation is 1. The lowest BCUT2D eigenvalue weighted by molar-refractivity contribution is 0.0926. The average Bonchev–Trinajstić information content (AvgIpc) is 2.81. The molecule has 1 aliphatic carbocycles. The monoisotopic (exact) mass is 309 g/mol. The van der Waals surface area contributed by atoms with Crippen LogP contribution in [-0.2, 0) is 6.42 Å². The minimum atomic E-state index is -0.328. The molecule has 7 heteroatoms. The molecule has 1 atom stereocenters. The number of aromatic nitrogens is 2. The Morgan fingerprint density at radius 2 is 2.35 bits per heavy atom. The van der Waals surface area contributed by atoms with E-state index in [1.165, 1.54) is 17.0 Å². The molecule has 0 aliphatic heterocycles. The second kappa shape index (κ2) is 5.38. The van der Waals surface area contributed by atoms with Gasteiger partial charge in [0, 0.05) is 10.9 Å². The van der Waals surface area contributed by atoms with E-state index >= 15 is 0 Å². The van der Waals surface area contributed by atoms with Gasteiger partial charge in [0.25, 0.3) is 11.5 Å². The third-order valence-electron chi connectivity index (χ3n) is 3.30. The van der Waals surface area contributed by atoms with Gasteiger partial charge in [-0.05, 0) is 37.0 Å². The SMILES string of the molecule is O=C(NC1CCCc2sc(Cl)cc21)c1ccc(=O)[nH]n1. The topological polar surface area (TPSA) is 74.8 Å². The fraction of sp³-hybridized carbons (Fsp3) is 0.308. The van der Waals surface area contributed by atoms with Gasteiger partial charge in [0.1, 0.15) is 5.69 Å². The number of carbonyl (C=O) groups excluding carboxylic acids is 1. The fourth-order valence-corrected chi connectivity index (χ4v) is 3.76. The van der Waals surface area contributed by atoms with Gasteiger partial charge in [-0.1, -0.05) is 11.6 Å². The van der Waals surface area contributed by atoms with Crippen LogP contribution < -0.4 is 10.9 Å². The zero-order valence-corrected chi connectivity index (χ0v) is 12.1. The molecule has 0 saturated heterocycles. The van der Waals surface area contributed by atoms with Gasteiger partial charge in [0.2, 0.25) is 0 Å². The van der Waals surface area contributed by atoms with Gasteiger partial charge in [-0.25, -0.2) is 5.10 Å². The number of rotatable bonds is 2. The number of fused-ring (bicyclic) bond motifs is 1. The van der Waals surface area contributed by atoms with Crippen LogP contribution in [0.2, 0.25) is 4.34 Å². The average molecular weight is 310 g/mol. The Kier molecular flexibility index (Phi) is 3.58. The van der Waals surface area contributed by atoms with Crippen molar-refractivity contribution in [3.63, 3.8) is 0 Å². The quantitative estimate of drug-likeness (QED) is 0.893. The Labute approximate surface area is 124 Å². The predicted molar refractivity (Wildman–Crippen MR) is 77.3 cm³/mol. The lowest BCUT2D eigenvalue weighted by atomic mass is 9.94. The first-order valence-corrected chi connectivity index (χ1v) is 7.47. The first-order chi connectivity index (χ1) is 9.63. The molecule has 2 heterocycles. The van der Waals surface area contributed by atoms with Crippen LogP contribution in [0.5, 0.6) is 0 Å². The molecule has 0 bridgehead atoms. The maximum absolute atomic E-state index is 12.1. The molecule has 0 saturated carbocycles. The molecule has 2 aromatic rings. The number of nitrogens with zero attached hydrogens (tertiary/aromatic N) is 1.